The summed E-state index contributed by atoms with van der Waals surface area (Å²) in [5, 5.41) is 3.86. The van der Waals surface area contributed by atoms with Gasteiger partial charge in [-0.1, -0.05) is 40.5 Å². The minimum atomic E-state index is -0.673. The van der Waals surface area contributed by atoms with E-state index >= 15 is 0 Å². The maximum Gasteiger partial charge on any atom is 0.421 e. The number of nitrogens with one attached hydrogen (secondary N) is 1. The molecule has 0 unspecified atom stereocenters. The highest BCUT2D eigenvalue weighted by molar-refractivity contribution is 9.09. The van der Waals surface area contributed by atoms with Gasteiger partial charge in [-0.15, -0.1) is 0 Å². The molecular weight excluding hydrogens is 424 g/mol. The SMILES string of the molecule is CC(C)(C)OC(=O)n1c(-c2ccccc2NC(=O)CCCCCBr)cnc1N. The summed E-state index contributed by atoms with van der Waals surface area (Å²) in [6.07, 6.45) is 4.17. The molecule has 0 radical (unpaired) electrons. The zero-order chi connectivity index (χ0) is 20.7. The molecule has 0 spiro atoms. The average Bonchev–Trinajstić information content (AvgIpc) is 2.99. The maximum atomic E-state index is 12.6. The van der Waals surface area contributed by atoms with Crippen molar-refractivity contribution in [3.8, 4) is 11.3 Å². The van der Waals surface area contributed by atoms with Gasteiger partial charge in [0.2, 0.25) is 11.9 Å². The van der Waals surface area contributed by atoms with E-state index in [4.69, 9.17) is 10.5 Å². The number of imidazole rings is 1. The molecule has 0 aliphatic heterocycles. The molecule has 1 heterocycles. The number of ether oxygens (including phenoxy) is 1. The van der Waals surface area contributed by atoms with Crippen molar-refractivity contribution < 1.29 is 14.3 Å². The first-order valence-electron chi connectivity index (χ1n) is 9.24. The molecule has 1 aromatic heterocycles. The van der Waals surface area contributed by atoms with Crippen molar-refractivity contribution in [3.05, 3.63) is 30.5 Å². The van der Waals surface area contributed by atoms with Crippen LogP contribution in [0.3, 0.4) is 0 Å². The zero-order valence-electron chi connectivity index (χ0n) is 16.5. The number of carbonyl (C=O) groups is 2. The Kier molecular flexibility index (Phi) is 7.62. The fourth-order valence-electron chi connectivity index (χ4n) is 2.64. The van der Waals surface area contributed by atoms with E-state index in [1.807, 2.05) is 12.1 Å². The van der Waals surface area contributed by atoms with Crippen LogP contribution >= 0.6 is 15.9 Å². The van der Waals surface area contributed by atoms with Gasteiger partial charge in [-0.25, -0.2) is 14.3 Å². The van der Waals surface area contributed by atoms with Crippen LogP contribution in [-0.4, -0.2) is 32.5 Å². The molecule has 0 fully saturated rings. The second kappa shape index (κ2) is 9.73. The van der Waals surface area contributed by atoms with Crippen molar-refractivity contribution in [1.82, 2.24) is 9.55 Å². The van der Waals surface area contributed by atoms with Crippen LogP contribution in [0.1, 0.15) is 46.5 Å². The fraction of sp³-hybridized carbons (Fsp3) is 0.450. The van der Waals surface area contributed by atoms with Crippen LogP contribution in [0.4, 0.5) is 16.4 Å². The van der Waals surface area contributed by atoms with Crippen LogP contribution in [-0.2, 0) is 9.53 Å². The highest BCUT2D eigenvalue weighted by Gasteiger charge is 2.24. The standard InChI is InChI=1S/C20H27BrN4O3/c1-20(2,3)28-19(27)25-16(13-23-18(25)22)14-9-6-7-10-15(14)24-17(26)11-5-4-8-12-21/h6-7,9-10,13H,4-5,8,11-12H2,1-3H3,(H2,22,23)(H,24,26). The van der Waals surface area contributed by atoms with E-state index in [1.54, 1.807) is 32.9 Å². The van der Waals surface area contributed by atoms with Gasteiger partial charge in [0, 0.05) is 17.3 Å². The number of benzene rings is 1. The van der Waals surface area contributed by atoms with E-state index in [0.717, 1.165) is 24.6 Å². The van der Waals surface area contributed by atoms with E-state index in [1.165, 1.54) is 10.8 Å². The van der Waals surface area contributed by atoms with E-state index < -0.39 is 11.7 Å². The molecule has 3 N–H and O–H groups in total. The van der Waals surface area contributed by atoms with Gasteiger partial charge in [-0.2, -0.15) is 0 Å². The molecule has 2 aromatic rings. The molecule has 0 atom stereocenters. The molecule has 2 rings (SSSR count). The fourth-order valence-corrected chi connectivity index (χ4v) is 3.04. The summed E-state index contributed by atoms with van der Waals surface area (Å²) in [5.41, 5.74) is 6.93. The van der Waals surface area contributed by atoms with Crippen molar-refractivity contribution in [2.75, 3.05) is 16.4 Å². The molecule has 152 valence electrons. The lowest BCUT2D eigenvalue weighted by Gasteiger charge is -2.21. The van der Waals surface area contributed by atoms with Gasteiger partial charge in [-0.3, -0.25) is 4.79 Å². The first kappa shape index (κ1) is 21.9. The molecule has 0 aliphatic carbocycles. The number of hydrogen-bond acceptors (Lipinski definition) is 5. The number of unbranched alkanes of at least 4 members (excludes halogenated alkanes) is 2. The highest BCUT2D eigenvalue weighted by Crippen LogP contribution is 2.30. The average molecular weight is 451 g/mol. The topological polar surface area (TPSA) is 99.2 Å². The number of nitrogen functional groups attached to an aromatic ring is 1. The number of aromatic nitrogens is 2. The maximum absolute atomic E-state index is 12.6. The number of para-hydroxylation sites is 1. The number of carbonyl (C=O) groups excluding carboxylic acids is 2. The van der Waals surface area contributed by atoms with E-state index in [2.05, 4.69) is 26.2 Å². The molecule has 1 aromatic carbocycles. The number of alkyl halides is 1. The van der Waals surface area contributed by atoms with Gasteiger partial charge in [0.05, 0.1) is 17.6 Å². The molecular formula is C20H27BrN4O3. The van der Waals surface area contributed by atoms with E-state index in [0.29, 0.717) is 23.4 Å². The first-order chi connectivity index (χ1) is 13.2. The number of hydrogen-bond donors (Lipinski definition) is 2. The number of halogens is 1. The summed E-state index contributed by atoms with van der Waals surface area (Å²) in [6.45, 7) is 5.34. The molecule has 8 heteroatoms. The highest BCUT2D eigenvalue weighted by atomic mass is 79.9. The molecule has 0 saturated heterocycles. The smallest absolute Gasteiger partial charge is 0.421 e. The third-order valence-electron chi connectivity index (χ3n) is 3.88. The summed E-state index contributed by atoms with van der Waals surface area (Å²) >= 11 is 3.39. The lowest BCUT2D eigenvalue weighted by Crippen LogP contribution is -2.28. The van der Waals surface area contributed by atoms with E-state index in [-0.39, 0.29) is 11.9 Å². The Labute approximate surface area is 173 Å². The van der Waals surface area contributed by atoms with Crippen LogP contribution in [0.15, 0.2) is 30.5 Å². The van der Waals surface area contributed by atoms with Crippen LogP contribution in [0, 0.1) is 0 Å². The molecule has 0 aliphatic rings. The number of rotatable bonds is 7. The third-order valence-corrected chi connectivity index (χ3v) is 4.44. The summed E-state index contributed by atoms with van der Waals surface area (Å²) in [5.74, 6) is -0.0431. The van der Waals surface area contributed by atoms with Gasteiger partial charge < -0.3 is 15.8 Å². The Morgan fingerprint density at radius 1 is 1.21 bits per heavy atom. The summed E-state index contributed by atoms with van der Waals surface area (Å²) < 4.78 is 6.65. The second-order valence-corrected chi connectivity index (χ2v) is 8.20. The van der Waals surface area contributed by atoms with Crippen molar-refractivity contribution in [2.24, 2.45) is 0 Å². The molecule has 0 bridgehead atoms. The Hall–Kier alpha value is -2.35. The van der Waals surface area contributed by atoms with E-state index in [9.17, 15) is 9.59 Å². The van der Waals surface area contributed by atoms with Gasteiger partial charge in [0.1, 0.15) is 5.60 Å². The lowest BCUT2D eigenvalue weighted by molar-refractivity contribution is -0.116. The zero-order valence-corrected chi connectivity index (χ0v) is 18.1. The molecule has 0 saturated carbocycles. The minimum absolute atomic E-state index is 0.0279. The van der Waals surface area contributed by atoms with Crippen LogP contribution in [0.5, 0.6) is 0 Å². The Morgan fingerprint density at radius 2 is 1.93 bits per heavy atom. The van der Waals surface area contributed by atoms with Gasteiger partial charge in [-0.05, 0) is 39.7 Å². The summed E-state index contributed by atoms with van der Waals surface area (Å²) in [7, 11) is 0. The number of nitrogens with two attached hydrogens (primary N) is 1. The quantitative estimate of drug-likeness (QED) is 0.465. The van der Waals surface area contributed by atoms with Gasteiger partial charge >= 0.3 is 6.09 Å². The first-order valence-corrected chi connectivity index (χ1v) is 10.4. The van der Waals surface area contributed by atoms with Crippen LogP contribution < -0.4 is 11.1 Å². The monoisotopic (exact) mass is 450 g/mol. The Morgan fingerprint density at radius 3 is 2.61 bits per heavy atom. The molecule has 7 nitrogen and oxygen atoms in total. The normalized spacial score (nSPS) is 11.3. The predicted molar refractivity (Wildman–Crippen MR) is 115 cm³/mol. The second-order valence-electron chi connectivity index (χ2n) is 7.41. The minimum Gasteiger partial charge on any atom is -0.443 e. The molecule has 28 heavy (non-hydrogen) atoms. The molecule has 1 amide bonds. The lowest BCUT2D eigenvalue weighted by atomic mass is 10.1. The largest absolute Gasteiger partial charge is 0.443 e. The van der Waals surface area contributed by atoms with Crippen molar-refractivity contribution in [1.29, 1.82) is 0 Å². The van der Waals surface area contributed by atoms with Crippen molar-refractivity contribution >= 4 is 39.6 Å². The number of anilines is 2. The van der Waals surface area contributed by atoms with Crippen molar-refractivity contribution in [2.45, 2.75) is 52.1 Å². The van der Waals surface area contributed by atoms with Gasteiger partial charge in [0.15, 0.2) is 0 Å². The Bertz CT molecular complexity index is 827. The van der Waals surface area contributed by atoms with Crippen LogP contribution in [0.25, 0.3) is 11.3 Å². The number of amides is 1. The summed E-state index contributed by atoms with van der Waals surface area (Å²) in [6, 6.07) is 7.23. The predicted octanol–water partition coefficient (Wildman–Crippen LogP) is 4.81. The van der Waals surface area contributed by atoms with Crippen LogP contribution in [0.2, 0.25) is 0 Å². The third kappa shape index (κ3) is 6.09. The van der Waals surface area contributed by atoms with Gasteiger partial charge in [0.25, 0.3) is 0 Å². The van der Waals surface area contributed by atoms with Crippen molar-refractivity contribution in [3.63, 3.8) is 0 Å². The Balaban J connectivity index is 2.25. The number of nitrogens with zero attached hydrogens (tertiary/aromatic N) is 2. The summed E-state index contributed by atoms with van der Waals surface area (Å²) in [4.78, 5) is 29.0.